The molecule has 1 heterocycles. The molecule has 0 aliphatic heterocycles. The molecule has 0 saturated heterocycles. The number of hydrogen-bond donors (Lipinski definition) is 2. The van der Waals surface area contributed by atoms with Gasteiger partial charge in [0.15, 0.2) is 0 Å². The fraction of sp³-hybridized carbons (Fsp3) is 0.286. The number of rotatable bonds is 2. The molecular weight excluding hydrogens is 160 g/mol. The maximum absolute atomic E-state index is 11.2. The molecule has 0 bridgehead atoms. The lowest BCUT2D eigenvalue weighted by Crippen LogP contribution is -2.20. The van der Waals surface area contributed by atoms with Crippen LogP contribution < -0.4 is 5.43 Å². The Kier molecular flexibility index (Phi) is 2.23. The monoisotopic (exact) mass is 168 g/mol. The van der Waals surface area contributed by atoms with Crippen molar-refractivity contribution in [2.75, 3.05) is 0 Å². The third-order valence-electron chi connectivity index (χ3n) is 1.48. The molecule has 0 fully saturated rings. The molecule has 1 aromatic heterocycles. The van der Waals surface area contributed by atoms with Crippen LogP contribution in [0.15, 0.2) is 11.0 Å². The van der Waals surface area contributed by atoms with Gasteiger partial charge < -0.3 is 5.11 Å². The molecule has 0 aliphatic rings. The summed E-state index contributed by atoms with van der Waals surface area (Å²) in [5.41, 5.74) is -0.527. The van der Waals surface area contributed by atoms with Gasteiger partial charge in [-0.1, -0.05) is 6.92 Å². The molecule has 1 aromatic rings. The number of nitrogens with zero attached hydrogens (tertiary/aromatic N) is 1. The van der Waals surface area contributed by atoms with Crippen molar-refractivity contribution in [3.63, 3.8) is 0 Å². The topological polar surface area (TPSA) is 83.1 Å². The molecular formula is C7H8N2O3. The average Bonchev–Trinajstić information content (AvgIpc) is 2.04. The van der Waals surface area contributed by atoms with Gasteiger partial charge in [0.1, 0.15) is 11.3 Å². The minimum Gasteiger partial charge on any atom is -0.477 e. The van der Waals surface area contributed by atoms with Gasteiger partial charge in [-0.15, -0.1) is 0 Å². The van der Waals surface area contributed by atoms with Gasteiger partial charge in [-0.05, 0) is 6.42 Å². The Balaban J connectivity index is 3.33. The van der Waals surface area contributed by atoms with Gasteiger partial charge in [0.25, 0.3) is 0 Å². The Morgan fingerprint density at radius 2 is 2.42 bits per heavy atom. The maximum Gasteiger partial charge on any atom is 0.341 e. The summed E-state index contributed by atoms with van der Waals surface area (Å²) < 4.78 is 0. The number of aromatic amines is 1. The van der Waals surface area contributed by atoms with Crippen LogP contribution >= 0.6 is 0 Å². The van der Waals surface area contributed by atoms with Crippen LogP contribution in [0.1, 0.15) is 23.0 Å². The lowest BCUT2D eigenvalue weighted by Gasteiger charge is -1.95. The summed E-state index contributed by atoms with van der Waals surface area (Å²) in [7, 11) is 0. The van der Waals surface area contributed by atoms with E-state index < -0.39 is 11.4 Å². The lowest BCUT2D eigenvalue weighted by atomic mass is 10.2. The zero-order valence-corrected chi connectivity index (χ0v) is 6.50. The highest BCUT2D eigenvalue weighted by atomic mass is 16.4. The molecule has 1 rings (SSSR count). The number of carbonyl (C=O) groups is 1. The number of aromatic carboxylic acids is 1. The minimum absolute atomic E-state index is 0.245. The lowest BCUT2D eigenvalue weighted by molar-refractivity contribution is 0.0694. The van der Waals surface area contributed by atoms with Gasteiger partial charge in [-0.3, -0.25) is 9.89 Å². The van der Waals surface area contributed by atoms with Crippen molar-refractivity contribution >= 4 is 5.97 Å². The summed E-state index contributed by atoms with van der Waals surface area (Å²) in [5, 5.41) is 14.5. The Bertz CT molecular complexity index is 356. The normalized spacial score (nSPS) is 9.75. The van der Waals surface area contributed by atoms with Gasteiger partial charge in [0.05, 0.1) is 0 Å². The summed E-state index contributed by atoms with van der Waals surface area (Å²) in [6, 6.07) is 0. The van der Waals surface area contributed by atoms with Gasteiger partial charge >= 0.3 is 5.97 Å². The molecule has 5 nitrogen and oxygen atoms in total. The first-order chi connectivity index (χ1) is 5.66. The van der Waals surface area contributed by atoms with E-state index in [4.69, 9.17) is 5.11 Å². The highest BCUT2D eigenvalue weighted by Crippen LogP contribution is 1.90. The smallest absolute Gasteiger partial charge is 0.341 e. The first-order valence-corrected chi connectivity index (χ1v) is 3.47. The first-order valence-electron chi connectivity index (χ1n) is 3.47. The van der Waals surface area contributed by atoms with Crippen molar-refractivity contribution in [3.8, 4) is 0 Å². The van der Waals surface area contributed by atoms with Crippen molar-refractivity contribution in [2.24, 2.45) is 0 Å². The molecule has 2 N–H and O–H groups in total. The van der Waals surface area contributed by atoms with E-state index in [1.807, 2.05) is 0 Å². The van der Waals surface area contributed by atoms with Crippen LogP contribution in [-0.4, -0.2) is 21.3 Å². The summed E-state index contributed by atoms with van der Waals surface area (Å²) in [6.07, 6.45) is 1.51. The van der Waals surface area contributed by atoms with Crippen LogP contribution in [0, 0.1) is 0 Å². The molecule has 0 aromatic carbocycles. The Hall–Kier alpha value is -1.65. The Labute approximate surface area is 68.1 Å². The SMILES string of the molecule is CCc1n[nH]cc(C(=O)O)c1=O. The van der Waals surface area contributed by atoms with Crippen molar-refractivity contribution in [1.82, 2.24) is 10.2 Å². The van der Waals surface area contributed by atoms with Crippen LogP contribution in [0.3, 0.4) is 0 Å². The molecule has 0 spiro atoms. The van der Waals surface area contributed by atoms with Crippen LogP contribution in [0.2, 0.25) is 0 Å². The third-order valence-corrected chi connectivity index (χ3v) is 1.48. The first kappa shape index (κ1) is 8.45. The quantitative estimate of drug-likeness (QED) is 0.652. The molecule has 12 heavy (non-hydrogen) atoms. The summed E-state index contributed by atoms with van der Waals surface area (Å²) in [4.78, 5) is 21.6. The van der Waals surface area contributed by atoms with E-state index in [1.165, 1.54) is 0 Å². The largest absolute Gasteiger partial charge is 0.477 e. The van der Waals surface area contributed by atoms with Crippen LogP contribution in [0.5, 0.6) is 0 Å². The molecule has 0 aliphatic carbocycles. The summed E-state index contributed by atoms with van der Waals surface area (Å²) in [5.74, 6) is -1.23. The second kappa shape index (κ2) is 3.17. The number of carboxylic acids is 1. The predicted octanol–water partition coefficient (Wildman–Crippen LogP) is 0.0305. The predicted molar refractivity (Wildman–Crippen MR) is 41.2 cm³/mol. The van der Waals surface area contributed by atoms with E-state index in [0.29, 0.717) is 6.42 Å². The van der Waals surface area contributed by atoms with Crippen molar-refractivity contribution in [1.29, 1.82) is 0 Å². The summed E-state index contributed by atoms with van der Waals surface area (Å²) in [6.45, 7) is 1.74. The van der Waals surface area contributed by atoms with Gasteiger partial charge in [0.2, 0.25) is 5.43 Å². The molecule has 0 unspecified atom stereocenters. The Morgan fingerprint density at radius 3 is 2.92 bits per heavy atom. The third kappa shape index (κ3) is 1.34. The number of nitrogens with one attached hydrogen (secondary N) is 1. The average molecular weight is 168 g/mol. The molecule has 0 saturated carbocycles. The van der Waals surface area contributed by atoms with Crippen LogP contribution in [0.25, 0.3) is 0 Å². The molecule has 0 amide bonds. The second-order valence-electron chi connectivity index (χ2n) is 2.23. The zero-order chi connectivity index (χ0) is 9.14. The molecule has 0 atom stereocenters. The highest BCUT2D eigenvalue weighted by Gasteiger charge is 2.10. The number of aromatic nitrogens is 2. The van der Waals surface area contributed by atoms with E-state index in [2.05, 4.69) is 10.2 Å². The fourth-order valence-corrected chi connectivity index (χ4v) is 0.845. The number of carboxylic acid groups (broad SMARTS) is 1. The number of hydrogen-bond acceptors (Lipinski definition) is 3. The van der Waals surface area contributed by atoms with E-state index in [0.717, 1.165) is 6.20 Å². The van der Waals surface area contributed by atoms with E-state index in [1.54, 1.807) is 6.92 Å². The minimum atomic E-state index is -1.23. The highest BCUT2D eigenvalue weighted by molar-refractivity contribution is 5.87. The van der Waals surface area contributed by atoms with E-state index in [-0.39, 0.29) is 11.3 Å². The van der Waals surface area contributed by atoms with E-state index in [9.17, 15) is 9.59 Å². The number of aryl methyl sites for hydroxylation is 1. The van der Waals surface area contributed by atoms with Crippen molar-refractivity contribution in [2.45, 2.75) is 13.3 Å². The van der Waals surface area contributed by atoms with Gasteiger partial charge in [-0.25, -0.2) is 4.79 Å². The molecule has 64 valence electrons. The fourth-order valence-electron chi connectivity index (χ4n) is 0.845. The maximum atomic E-state index is 11.2. The van der Waals surface area contributed by atoms with Crippen molar-refractivity contribution < 1.29 is 9.90 Å². The second-order valence-corrected chi connectivity index (χ2v) is 2.23. The summed E-state index contributed by atoms with van der Waals surface area (Å²) >= 11 is 0. The van der Waals surface area contributed by atoms with Gasteiger partial charge in [-0.2, -0.15) is 5.10 Å². The van der Waals surface area contributed by atoms with Gasteiger partial charge in [0, 0.05) is 6.20 Å². The van der Waals surface area contributed by atoms with E-state index >= 15 is 0 Å². The van der Waals surface area contributed by atoms with Crippen molar-refractivity contribution in [3.05, 3.63) is 27.7 Å². The number of H-pyrrole nitrogens is 1. The molecule has 5 heteroatoms. The van der Waals surface area contributed by atoms with Crippen LogP contribution in [0.4, 0.5) is 0 Å². The zero-order valence-electron chi connectivity index (χ0n) is 6.50. The van der Waals surface area contributed by atoms with Crippen LogP contribution in [-0.2, 0) is 6.42 Å². The standard InChI is InChI=1S/C7H8N2O3/c1-2-5-6(10)4(7(11)12)3-8-9-5/h3H,2H2,1H3,(H,8,10)(H,11,12). The Morgan fingerprint density at radius 1 is 1.75 bits per heavy atom. The molecule has 0 radical (unpaired) electrons.